The first-order chi connectivity index (χ1) is 11.7. The smallest absolute Gasteiger partial charge is 0.422 e. The van der Waals surface area contributed by atoms with Crippen molar-refractivity contribution in [1.29, 1.82) is 0 Å². The van der Waals surface area contributed by atoms with Crippen molar-refractivity contribution in [1.82, 2.24) is 4.98 Å². The maximum Gasteiger partial charge on any atom is 0.422 e. The lowest BCUT2D eigenvalue weighted by molar-refractivity contribution is -0.154. The molecule has 25 heavy (non-hydrogen) atoms. The number of rotatable bonds is 6. The topological polar surface area (TPSA) is 60.5 Å². The second-order valence-electron chi connectivity index (χ2n) is 4.97. The molecule has 134 valence electrons. The molecular formula is C16H14ClF3N2O3. The molecule has 2 rings (SSSR count). The summed E-state index contributed by atoms with van der Waals surface area (Å²) in [5.41, 5.74) is 0.291. The summed E-state index contributed by atoms with van der Waals surface area (Å²) in [6.07, 6.45) is -4.10. The number of ether oxygens (including phenoxy) is 2. The van der Waals surface area contributed by atoms with Gasteiger partial charge in [0, 0.05) is 6.07 Å². The molecule has 1 atom stereocenters. The predicted octanol–water partition coefficient (Wildman–Crippen LogP) is 4.08. The fraction of sp³-hybridized carbons (Fsp3) is 0.250. The predicted molar refractivity (Wildman–Crippen MR) is 86.0 cm³/mol. The summed E-state index contributed by atoms with van der Waals surface area (Å²) in [4.78, 5) is 15.8. The lowest BCUT2D eigenvalue weighted by Crippen LogP contribution is -2.30. The van der Waals surface area contributed by atoms with Crippen LogP contribution in [0.2, 0.25) is 5.02 Å². The first-order valence-electron chi connectivity index (χ1n) is 7.12. The van der Waals surface area contributed by atoms with E-state index in [9.17, 15) is 18.0 Å². The van der Waals surface area contributed by atoms with Crippen molar-refractivity contribution in [3.05, 3.63) is 47.6 Å². The van der Waals surface area contributed by atoms with E-state index in [1.807, 2.05) is 0 Å². The Balaban J connectivity index is 1.90. The highest BCUT2D eigenvalue weighted by atomic mass is 35.5. The zero-order valence-electron chi connectivity index (χ0n) is 13.0. The number of benzene rings is 1. The standard InChI is InChI=1S/C16H14ClF3N2O3/c1-10(25-13-5-3-2-4-12(13)17)15(23)22-11-6-7-14(21-8-11)24-9-16(18,19)20/h2-8,10H,9H2,1H3,(H,22,23). The van der Waals surface area contributed by atoms with E-state index in [-0.39, 0.29) is 5.88 Å². The van der Waals surface area contributed by atoms with Crippen LogP contribution in [0.5, 0.6) is 11.6 Å². The van der Waals surface area contributed by atoms with Gasteiger partial charge < -0.3 is 14.8 Å². The lowest BCUT2D eigenvalue weighted by atomic mass is 10.3. The van der Waals surface area contributed by atoms with E-state index in [1.165, 1.54) is 25.3 Å². The van der Waals surface area contributed by atoms with Crippen molar-refractivity contribution in [2.45, 2.75) is 19.2 Å². The summed E-state index contributed by atoms with van der Waals surface area (Å²) in [6.45, 7) is 0.0985. The van der Waals surface area contributed by atoms with Crippen LogP contribution in [-0.2, 0) is 4.79 Å². The van der Waals surface area contributed by atoms with Gasteiger partial charge in [-0.15, -0.1) is 0 Å². The largest absolute Gasteiger partial charge is 0.479 e. The van der Waals surface area contributed by atoms with Crippen LogP contribution in [-0.4, -0.2) is 29.8 Å². The zero-order chi connectivity index (χ0) is 18.4. The highest BCUT2D eigenvalue weighted by molar-refractivity contribution is 6.32. The molecule has 1 unspecified atom stereocenters. The molecule has 0 bridgehead atoms. The van der Waals surface area contributed by atoms with E-state index in [0.29, 0.717) is 16.5 Å². The number of pyridine rings is 1. The maximum absolute atomic E-state index is 12.1. The molecule has 0 fully saturated rings. The van der Waals surface area contributed by atoms with E-state index < -0.39 is 24.8 Å². The SMILES string of the molecule is CC(Oc1ccccc1Cl)C(=O)Nc1ccc(OCC(F)(F)F)nc1. The second-order valence-corrected chi connectivity index (χ2v) is 5.38. The molecule has 0 aliphatic heterocycles. The number of nitrogens with zero attached hydrogens (tertiary/aromatic N) is 1. The molecule has 0 saturated heterocycles. The molecule has 1 aromatic heterocycles. The average Bonchev–Trinajstić information content (AvgIpc) is 2.55. The van der Waals surface area contributed by atoms with Gasteiger partial charge in [0.15, 0.2) is 12.7 Å². The van der Waals surface area contributed by atoms with Crippen LogP contribution in [0.25, 0.3) is 0 Å². The third-order valence-electron chi connectivity index (χ3n) is 2.90. The summed E-state index contributed by atoms with van der Waals surface area (Å²) in [5, 5.41) is 2.90. The van der Waals surface area contributed by atoms with E-state index in [0.717, 1.165) is 0 Å². The Hall–Kier alpha value is -2.48. The van der Waals surface area contributed by atoms with E-state index in [4.69, 9.17) is 16.3 Å². The zero-order valence-corrected chi connectivity index (χ0v) is 13.8. The molecule has 1 amide bonds. The third-order valence-corrected chi connectivity index (χ3v) is 3.21. The van der Waals surface area contributed by atoms with Crippen molar-refractivity contribution in [3.63, 3.8) is 0 Å². The van der Waals surface area contributed by atoms with Gasteiger partial charge in [-0.1, -0.05) is 23.7 Å². The van der Waals surface area contributed by atoms with Crippen molar-refractivity contribution in [2.24, 2.45) is 0 Å². The van der Waals surface area contributed by atoms with Crippen molar-refractivity contribution < 1.29 is 27.4 Å². The van der Waals surface area contributed by atoms with Crippen molar-refractivity contribution >= 4 is 23.2 Å². The Labute approximate surface area is 146 Å². The number of carbonyl (C=O) groups is 1. The van der Waals surface area contributed by atoms with Crippen LogP contribution >= 0.6 is 11.6 Å². The molecule has 1 N–H and O–H groups in total. The molecule has 1 heterocycles. The lowest BCUT2D eigenvalue weighted by Gasteiger charge is -2.15. The van der Waals surface area contributed by atoms with Gasteiger partial charge in [-0.25, -0.2) is 4.98 Å². The van der Waals surface area contributed by atoms with Crippen LogP contribution < -0.4 is 14.8 Å². The molecule has 0 radical (unpaired) electrons. The summed E-state index contributed by atoms with van der Waals surface area (Å²) < 4.78 is 46.1. The molecule has 0 aliphatic carbocycles. The molecular weight excluding hydrogens is 361 g/mol. The third kappa shape index (κ3) is 6.15. The van der Waals surface area contributed by atoms with Gasteiger partial charge in [0.05, 0.1) is 16.9 Å². The van der Waals surface area contributed by atoms with Crippen LogP contribution in [0.3, 0.4) is 0 Å². The molecule has 0 spiro atoms. The van der Waals surface area contributed by atoms with E-state index in [1.54, 1.807) is 24.3 Å². The van der Waals surface area contributed by atoms with Gasteiger partial charge in [-0.2, -0.15) is 13.2 Å². The molecule has 0 saturated carbocycles. The number of hydrogen-bond donors (Lipinski definition) is 1. The summed E-state index contributed by atoms with van der Waals surface area (Å²) in [6, 6.07) is 9.30. The minimum absolute atomic E-state index is 0.198. The number of para-hydroxylation sites is 1. The van der Waals surface area contributed by atoms with Gasteiger partial charge in [0.25, 0.3) is 5.91 Å². The Morgan fingerprint density at radius 3 is 2.60 bits per heavy atom. The highest BCUT2D eigenvalue weighted by Gasteiger charge is 2.28. The number of nitrogens with one attached hydrogen (secondary N) is 1. The fourth-order valence-electron chi connectivity index (χ4n) is 1.72. The van der Waals surface area contributed by atoms with Crippen LogP contribution in [0.15, 0.2) is 42.6 Å². The first kappa shape index (κ1) is 18.9. The number of halogens is 4. The molecule has 2 aromatic rings. The Morgan fingerprint density at radius 2 is 2.00 bits per heavy atom. The number of hydrogen-bond acceptors (Lipinski definition) is 4. The molecule has 5 nitrogen and oxygen atoms in total. The fourth-order valence-corrected chi connectivity index (χ4v) is 1.90. The van der Waals surface area contributed by atoms with Crippen molar-refractivity contribution in [3.8, 4) is 11.6 Å². The number of aromatic nitrogens is 1. The maximum atomic E-state index is 12.1. The monoisotopic (exact) mass is 374 g/mol. The number of anilines is 1. The van der Waals surface area contributed by atoms with E-state index in [2.05, 4.69) is 15.0 Å². The van der Waals surface area contributed by atoms with Crippen LogP contribution in [0.1, 0.15) is 6.92 Å². The van der Waals surface area contributed by atoms with Crippen molar-refractivity contribution in [2.75, 3.05) is 11.9 Å². The Bertz CT molecular complexity index is 723. The van der Waals surface area contributed by atoms with Gasteiger partial charge >= 0.3 is 6.18 Å². The normalized spacial score (nSPS) is 12.4. The summed E-state index contributed by atoms with van der Waals surface area (Å²) in [7, 11) is 0. The second kappa shape index (κ2) is 8.06. The van der Waals surface area contributed by atoms with Gasteiger partial charge in [-0.05, 0) is 25.1 Å². The average molecular weight is 375 g/mol. The van der Waals surface area contributed by atoms with Gasteiger partial charge in [0.1, 0.15) is 5.75 Å². The minimum atomic E-state index is -4.44. The highest BCUT2D eigenvalue weighted by Crippen LogP contribution is 2.24. The number of carbonyl (C=O) groups excluding carboxylic acids is 1. The molecule has 9 heteroatoms. The van der Waals surface area contributed by atoms with Crippen LogP contribution in [0.4, 0.5) is 18.9 Å². The summed E-state index contributed by atoms with van der Waals surface area (Å²) in [5.74, 6) is -0.304. The minimum Gasteiger partial charge on any atom is -0.479 e. The quantitative estimate of drug-likeness (QED) is 0.827. The van der Waals surface area contributed by atoms with Gasteiger partial charge in [-0.3, -0.25) is 4.79 Å². The molecule has 1 aromatic carbocycles. The Kier molecular flexibility index (Phi) is 6.08. The van der Waals surface area contributed by atoms with Crippen LogP contribution in [0, 0.1) is 0 Å². The van der Waals surface area contributed by atoms with Gasteiger partial charge in [0.2, 0.25) is 5.88 Å². The number of alkyl halides is 3. The van der Waals surface area contributed by atoms with E-state index >= 15 is 0 Å². The summed E-state index contributed by atoms with van der Waals surface area (Å²) >= 11 is 5.95. The Morgan fingerprint density at radius 1 is 1.28 bits per heavy atom. The first-order valence-corrected chi connectivity index (χ1v) is 7.50. The molecule has 0 aliphatic rings. The number of amides is 1.